The van der Waals surface area contributed by atoms with Gasteiger partial charge in [-0.05, 0) is 49.6 Å². The van der Waals surface area contributed by atoms with Crippen LogP contribution in [0.3, 0.4) is 0 Å². The number of nitrogens with one attached hydrogen (secondary N) is 2. The van der Waals surface area contributed by atoms with E-state index in [0.29, 0.717) is 0 Å². The highest BCUT2D eigenvalue weighted by atomic mass is 16.2. The van der Waals surface area contributed by atoms with Crippen LogP contribution < -0.4 is 5.32 Å². The number of H-pyrrole nitrogens is 1. The van der Waals surface area contributed by atoms with Crippen molar-refractivity contribution in [3.63, 3.8) is 0 Å². The number of ketones is 1. The number of carbonyl (C=O) groups excluding carboxylic acids is 2. The van der Waals surface area contributed by atoms with Crippen LogP contribution in [0, 0.1) is 19.8 Å². The standard InChI is InChI=1S/C28H26N2O2/c1-17-14-15-22-21(16-17)18(2)25(29-22)23(19-10-6-4-7-11-19)24-26(31)28(3,30-27(24)32)20-12-8-5-9-13-20/h4-16,23-24,29H,1-3H3,(H,30,32)/t23?,24?,28-/m1/s1. The molecule has 5 rings (SSSR count). The van der Waals surface area contributed by atoms with E-state index in [0.717, 1.165) is 33.3 Å². The molecule has 1 amide bonds. The molecule has 1 aliphatic rings. The Morgan fingerprint density at radius 1 is 0.875 bits per heavy atom. The number of Topliss-reactive ketones (excluding diaryl/α,β-unsaturated/α-hetero) is 1. The Morgan fingerprint density at radius 3 is 2.22 bits per heavy atom. The van der Waals surface area contributed by atoms with Crippen LogP contribution in [-0.4, -0.2) is 16.7 Å². The lowest BCUT2D eigenvalue weighted by Gasteiger charge is -2.25. The highest BCUT2D eigenvalue weighted by Crippen LogP contribution is 2.43. The molecule has 2 heterocycles. The van der Waals surface area contributed by atoms with Gasteiger partial charge in [-0.15, -0.1) is 0 Å². The molecule has 1 saturated heterocycles. The number of fused-ring (bicyclic) bond motifs is 1. The SMILES string of the molecule is Cc1ccc2[nH]c(C(c3ccccc3)C3C(=O)N[C@](C)(c4ccccc4)C3=O)c(C)c2c1. The highest BCUT2D eigenvalue weighted by Gasteiger charge is 2.54. The van der Waals surface area contributed by atoms with E-state index < -0.39 is 17.4 Å². The summed E-state index contributed by atoms with van der Waals surface area (Å²) >= 11 is 0. The molecule has 2 unspecified atom stereocenters. The second kappa shape index (κ2) is 7.49. The Morgan fingerprint density at radius 2 is 1.53 bits per heavy atom. The van der Waals surface area contributed by atoms with Crippen LogP contribution in [0.5, 0.6) is 0 Å². The molecule has 0 aliphatic carbocycles. The molecule has 4 heteroatoms. The van der Waals surface area contributed by atoms with Gasteiger partial charge in [-0.1, -0.05) is 72.3 Å². The minimum absolute atomic E-state index is 0.100. The molecular weight excluding hydrogens is 396 g/mol. The topological polar surface area (TPSA) is 62.0 Å². The van der Waals surface area contributed by atoms with Crippen LogP contribution in [0.25, 0.3) is 10.9 Å². The van der Waals surface area contributed by atoms with E-state index in [-0.39, 0.29) is 11.7 Å². The van der Waals surface area contributed by atoms with Gasteiger partial charge in [0, 0.05) is 22.5 Å². The maximum absolute atomic E-state index is 13.9. The molecule has 0 bridgehead atoms. The number of aromatic nitrogens is 1. The van der Waals surface area contributed by atoms with Gasteiger partial charge in [-0.2, -0.15) is 0 Å². The van der Waals surface area contributed by atoms with Crippen molar-refractivity contribution >= 4 is 22.6 Å². The number of aryl methyl sites for hydroxylation is 2. The summed E-state index contributed by atoms with van der Waals surface area (Å²) in [5.74, 6) is -1.56. The van der Waals surface area contributed by atoms with Crippen molar-refractivity contribution in [2.75, 3.05) is 0 Å². The van der Waals surface area contributed by atoms with Gasteiger partial charge in [0.15, 0.2) is 5.78 Å². The zero-order valence-corrected chi connectivity index (χ0v) is 18.5. The van der Waals surface area contributed by atoms with E-state index >= 15 is 0 Å². The van der Waals surface area contributed by atoms with Crippen molar-refractivity contribution in [3.05, 3.63) is 107 Å². The maximum Gasteiger partial charge on any atom is 0.232 e. The van der Waals surface area contributed by atoms with Crippen molar-refractivity contribution in [1.29, 1.82) is 0 Å². The van der Waals surface area contributed by atoms with Crippen LogP contribution in [0.4, 0.5) is 0 Å². The molecule has 1 aromatic heterocycles. The predicted molar refractivity (Wildman–Crippen MR) is 126 cm³/mol. The third-order valence-electron chi connectivity index (χ3n) is 6.84. The summed E-state index contributed by atoms with van der Waals surface area (Å²) in [5, 5.41) is 4.15. The molecule has 4 aromatic rings. The fourth-order valence-corrected chi connectivity index (χ4v) is 5.06. The van der Waals surface area contributed by atoms with Crippen molar-refractivity contribution < 1.29 is 9.59 Å². The second-order valence-corrected chi connectivity index (χ2v) is 8.92. The first-order chi connectivity index (χ1) is 15.4. The number of benzene rings is 3. The van der Waals surface area contributed by atoms with E-state index in [9.17, 15) is 9.59 Å². The smallest absolute Gasteiger partial charge is 0.232 e. The first kappa shape index (κ1) is 20.3. The van der Waals surface area contributed by atoms with Gasteiger partial charge >= 0.3 is 0 Å². The Balaban J connectivity index is 1.69. The third kappa shape index (κ3) is 3.06. The summed E-state index contributed by atoms with van der Waals surface area (Å²) in [6.45, 7) is 5.95. The number of amides is 1. The number of rotatable bonds is 4. The first-order valence-electron chi connectivity index (χ1n) is 11.0. The molecule has 1 aliphatic heterocycles. The normalized spacial score (nSPS) is 21.7. The van der Waals surface area contributed by atoms with Crippen molar-refractivity contribution in [3.8, 4) is 0 Å². The molecule has 160 valence electrons. The van der Waals surface area contributed by atoms with E-state index in [1.165, 1.54) is 5.56 Å². The molecule has 3 aromatic carbocycles. The van der Waals surface area contributed by atoms with Crippen molar-refractivity contribution in [1.82, 2.24) is 10.3 Å². The minimum Gasteiger partial charge on any atom is -0.358 e. The quantitative estimate of drug-likeness (QED) is 0.447. The number of aromatic amines is 1. The molecule has 32 heavy (non-hydrogen) atoms. The van der Waals surface area contributed by atoms with Crippen LogP contribution in [-0.2, 0) is 15.1 Å². The number of carbonyl (C=O) groups is 2. The average molecular weight is 423 g/mol. The zero-order chi connectivity index (χ0) is 22.5. The summed E-state index contributed by atoms with van der Waals surface area (Å²) in [7, 11) is 0. The van der Waals surface area contributed by atoms with Crippen LogP contribution >= 0.6 is 0 Å². The Kier molecular flexibility index (Phi) is 4.74. The molecular formula is C28H26N2O2. The molecule has 2 N–H and O–H groups in total. The second-order valence-electron chi connectivity index (χ2n) is 8.92. The average Bonchev–Trinajstić information content (AvgIpc) is 3.24. The van der Waals surface area contributed by atoms with Gasteiger partial charge in [-0.3, -0.25) is 9.59 Å². The fraction of sp³-hybridized carbons (Fsp3) is 0.214. The van der Waals surface area contributed by atoms with Gasteiger partial charge < -0.3 is 10.3 Å². The lowest BCUT2D eigenvalue weighted by atomic mass is 9.76. The molecule has 0 spiro atoms. The van der Waals surface area contributed by atoms with E-state index in [1.54, 1.807) is 0 Å². The van der Waals surface area contributed by atoms with Crippen LogP contribution in [0.2, 0.25) is 0 Å². The third-order valence-corrected chi connectivity index (χ3v) is 6.84. The summed E-state index contributed by atoms with van der Waals surface area (Å²) in [6, 6.07) is 25.6. The van der Waals surface area contributed by atoms with Gasteiger partial charge in [0.25, 0.3) is 0 Å². The Hall–Kier alpha value is -3.66. The van der Waals surface area contributed by atoms with E-state index in [4.69, 9.17) is 0 Å². The lowest BCUT2D eigenvalue weighted by Crippen LogP contribution is -2.40. The summed E-state index contributed by atoms with van der Waals surface area (Å²) in [4.78, 5) is 30.8. The zero-order valence-electron chi connectivity index (χ0n) is 18.5. The van der Waals surface area contributed by atoms with Crippen LogP contribution in [0.1, 0.15) is 40.8 Å². The Bertz CT molecular complexity index is 1320. The van der Waals surface area contributed by atoms with Gasteiger partial charge in [0.1, 0.15) is 11.5 Å². The van der Waals surface area contributed by atoms with Crippen molar-refractivity contribution in [2.24, 2.45) is 5.92 Å². The maximum atomic E-state index is 13.9. The molecule has 0 radical (unpaired) electrons. The monoisotopic (exact) mass is 422 g/mol. The first-order valence-corrected chi connectivity index (χ1v) is 11.0. The minimum atomic E-state index is -1.05. The van der Waals surface area contributed by atoms with Gasteiger partial charge in [0.05, 0.1) is 0 Å². The summed E-state index contributed by atoms with van der Waals surface area (Å²) in [5.41, 5.74) is 4.89. The molecule has 4 nitrogen and oxygen atoms in total. The molecule has 3 atom stereocenters. The number of hydrogen-bond donors (Lipinski definition) is 2. The highest BCUT2D eigenvalue weighted by molar-refractivity contribution is 6.14. The number of hydrogen-bond acceptors (Lipinski definition) is 2. The van der Waals surface area contributed by atoms with Gasteiger partial charge in [0.2, 0.25) is 5.91 Å². The summed E-state index contributed by atoms with van der Waals surface area (Å²) in [6.07, 6.45) is 0. The van der Waals surface area contributed by atoms with E-state index in [2.05, 4.69) is 42.3 Å². The Labute approximate surface area is 187 Å². The van der Waals surface area contributed by atoms with Crippen LogP contribution in [0.15, 0.2) is 78.9 Å². The lowest BCUT2D eigenvalue weighted by molar-refractivity contribution is -0.129. The molecule has 0 saturated carbocycles. The predicted octanol–water partition coefficient (Wildman–Crippen LogP) is 5.15. The van der Waals surface area contributed by atoms with Gasteiger partial charge in [-0.25, -0.2) is 0 Å². The molecule has 1 fully saturated rings. The summed E-state index contributed by atoms with van der Waals surface area (Å²) < 4.78 is 0. The van der Waals surface area contributed by atoms with Crippen molar-refractivity contribution in [2.45, 2.75) is 32.2 Å². The van der Waals surface area contributed by atoms with E-state index in [1.807, 2.05) is 67.6 Å². The fourth-order valence-electron chi connectivity index (χ4n) is 5.06. The largest absolute Gasteiger partial charge is 0.358 e.